The van der Waals surface area contributed by atoms with E-state index in [1.165, 1.54) is 0 Å². The first-order chi connectivity index (χ1) is 13.6. The number of benzene rings is 2. The predicted molar refractivity (Wildman–Crippen MR) is 112 cm³/mol. The summed E-state index contributed by atoms with van der Waals surface area (Å²) in [5.41, 5.74) is 4.84. The Balaban J connectivity index is 1.78. The molecule has 2 aromatic carbocycles. The van der Waals surface area contributed by atoms with Gasteiger partial charge < -0.3 is 0 Å². The van der Waals surface area contributed by atoms with Gasteiger partial charge in [-0.15, -0.1) is 10.2 Å². The molecule has 0 aliphatic rings. The van der Waals surface area contributed by atoms with Gasteiger partial charge in [0.25, 0.3) is 5.56 Å². The number of rotatable bonds is 2. The van der Waals surface area contributed by atoms with Crippen molar-refractivity contribution in [3.8, 4) is 16.8 Å². The molecule has 0 spiro atoms. The van der Waals surface area contributed by atoms with Gasteiger partial charge in [-0.25, -0.2) is 4.52 Å². The second kappa shape index (κ2) is 6.38. The third kappa shape index (κ3) is 2.55. The molecule has 0 aliphatic carbocycles. The number of hydrogen-bond donors (Lipinski definition) is 0. The lowest BCUT2D eigenvalue weighted by Gasteiger charge is -2.07. The van der Waals surface area contributed by atoms with Gasteiger partial charge >= 0.3 is 0 Å². The van der Waals surface area contributed by atoms with Gasteiger partial charge in [0.15, 0.2) is 11.2 Å². The molecule has 3 aromatic heterocycles. The maximum absolute atomic E-state index is 13.0. The number of pyridine rings is 1. The largest absolute Gasteiger partial charge is 0.285 e. The van der Waals surface area contributed by atoms with E-state index in [2.05, 4.69) is 31.2 Å². The molecule has 0 saturated heterocycles. The van der Waals surface area contributed by atoms with Crippen LogP contribution in [0.2, 0.25) is 0 Å². The molecular formula is C21H14BrN5O. The first-order valence-electron chi connectivity index (χ1n) is 8.72. The SMILES string of the molecule is Cc1nn2c(nnc3c(=O)n(-c4ccccc4)ccc32)c1-c1ccc(Br)cc1. The molecule has 7 heteroatoms. The van der Waals surface area contributed by atoms with Gasteiger partial charge in [-0.1, -0.05) is 46.3 Å². The van der Waals surface area contributed by atoms with Crippen LogP contribution >= 0.6 is 15.9 Å². The van der Waals surface area contributed by atoms with Crippen LogP contribution in [0.1, 0.15) is 5.69 Å². The molecule has 136 valence electrons. The molecule has 28 heavy (non-hydrogen) atoms. The van der Waals surface area contributed by atoms with Crippen LogP contribution in [0.5, 0.6) is 0 Å². The Labute approximate surface area is 168 Å². The standard InChI is InChI=1S/C21H14BrN5O/c1-13-18(14-7-9-15(22)10-8-14)20-24-23-19-17(27(20)25-13)11-12-26(21(19)28)16-5-3-2-4-6-16/h2-12H,1H3. The molecule has 5 rings (SSSR count). The molecule has 0 N–H and O–H groups in total. The Morgan fingerprint density at radius 2 is 1.68 bits per heavy atom. The molecular weight excluding hydrogens is 418 g/mol. The zero-order chi connectivity index (χ0) is 19.3. The molecule has 0 fully saturated rings. The van der Waals surface area contributed by atoms with E-state index in [0.717, 1.165) is 27.0 Å². The second-order valence-electron chi connectivity index (χ2n) is 6.46. The molecule has 5 aromatic rings. The van der Waals surface area contributed by atoms with E-state index in [1.54, 1.807) is 15.3 Å². The topological polar surface area (TPSA) is 65.1 Å². The van der Waals surface area contributed by atoms with Gasteiger partial charge in [-0.2, -0.15) is 5.10 Å². The average Bonchev–Trinajstić information content (AvgIpc) is 3.06. The number of para-hydroxylation sites is 1. The summed E-state index contributed by atoms with van der Waals surface area (Å²) in [6.07, 6.45) is 1.75. The van der Waals surface area contributed by atoms with Crippen molar-refractivity contribution < 1.29 is 0 Å². The zero-order valence-corrected chi connectivity index (χ0v) is 16.5. The summed E-state index contributed by atoms with van der Waals surface area (Å²) >= 11 is 3.46. The van der Waals surface area contributed by atoms with Crippen molar-refractivity contribution in [3.05, 3.63) is 87.4 Å². The van der Waals surface area contributed by atoms with Crippen LogP contribution in [0.15, 0.2) is 76.1 Å². The van der Waals surface area contributed by atoms with Crippen molar-refractivity contribution in [2.45, 2.75) is 6.92 Å². The average molecular weight is 432 g/mol. The minimum atomic E-state index is -0.226. The van der Waals surface area contributed by atoms with Crippen LogP contribution in [0.3, 0.4) is 0 Å². The highest BCUT2D eigenvalue weighted by molar-refractivity contribution is 9.10. The van der Waals surface area contributed by atoms with Gasteiger partial charge in [-0.3, -0.25) is 9.36 Å². The molecule has 0 radical (unpaired) electrons. The summed E-state index contributed by atoms with van der Waals surface area (Å²) in [6, 6.07) is 19.3. The Morgan fingerprint density at radius 3 is 2.43 bits per heavy atom. The summed E-state index contributed by atoms with van der Waals surface area (Å²) in [5, 5.41) is 13.2. The van der Waals surface area contributed by atoms with E-state index in [4.69, 9.17) is 0 Å². The van der Waals surface area contributed by atoms with Crippen molar-refractivity contribution in [2.24, 2.45) is 0 Å². The number of fused-ring (bicyclic) bond motifs is 3. The Bertz CT molecular complexity index is 1390. The second-order valence-corrected chi connectivity index (χ2v) is 7.38. The summed E-state index contributed by atoms with van der Waals surface area (Å²) in [6.45, 7) is 1.93. The van der Waals surface area contributed by atoms with Crippen molar-refractivity contribution >= 4 is 32.6 Å². The lowest BCUT2D eigenvalue weighted by atomic mass is 10.1. The monoisotopic (exact) mass is 431 g/mol. The first-order valence-corrected chi connectivity index (χ1v) is 9.51. The van der Waals surface area contributed by atoms with E-state index in [0.29, 0.717) is 11.2 Å². The third-order valence-corrected chi connectivity index (χ3v) is 5.25. The van der Waals surface area contributed by atoms with E-state index in [1.807, 2.05) is 67.6 Å². The van der Waals surface area contributed by atoms with E-state index in [9.17, 15) is 4.79 Å². The van der Waals surface area contributed by atoms with E-state index < -0.39 is 0 Å². The van der Waals surface area contributed by atoms with Crippen LogP contribution in [-0.2, 0) is 0 Å². The Hall–Kier alpha value is -3.32. The van der Waals surface area contributed by atoms with Crippen molar-refractivity contribution in [1.29, 1.82) is 0 Å². The smallest absolute Gasteiger partial charge is 0.282 e. The van der Waals surface area contributed by atoms with E-state index in [-0.39, 0.29) is 11.1 Å². The van der Waals surface area contributed by atoms with Crippen LogP contribution in [0, 0.1) is 6.92 Å². The summed E-state index contributed by atoms with van der Waals surface area (Å²) in [4.78, 5) is 13.0. The predicted octanol–water partition coefficient (Wildman–Crippen LogP) is 4.17. The molecule has 0 unspecified atom stereocenters. The quantitative estimate of drug-likeness (QED) is 0.420. The fourth-order valence-electron chi connectivity index (χ4n) is 3.40. The zero-order valence-electron chi connectivity index (χ0n) is 14.9. The number of nitrogens with zero attached hydrogens (tertiary/aromatic N) is 5. The van der Waals surface area contributed by atoms with Crippen molar-refractivity contribution in [1.82, 2.24) is 24.4 Å². The minimum absolute atomic E-state index is 0.226. The molecule has 0 bridgehead atoms. The van der Waals surface area contributed by atoms with Crippen molar-refractivity contribution in [3.63, 3.8) is 0 Å². The summed E-state index contributed by atoms with van der Waals surface area (Å²) < 4.78 is 4.27. The van der Waals surface area contributed by atoms with Crippen LogP contribution in [0.4, 0.5) is 0 Å². The Morgan fingerprint density at radius 1 is 0.929 bits per heavy atom. The highest BCUT2D eigenvalue weighted by atomic mass is 79.9. The summed E-state index contributed by atoms with van der Waals surface area (Å²) in [5.74, 6) is 0. The minimum Gasteiger partial charge on any atom is -0.282 e. The lowest BCUT2D eigenvalue weighted by Crippen LogP contribution is -2.20. The van der Waals surface area contributed by atoms with Crippen molar-refractivity contribution in [2.75, 3.05) is 0 Å². The molecule has 6 nitrogen and oxygen atoms in total. The van der Waals surface area contributed by atoms with Gasteiger partial charge in [0.05, 0.1) is 11.3 Å². The number of halogens is 1. The van der Waals surface area contributed by atoms with Crippen LogP contribution in [0.25, 0.3) is 33.5 Å². The maximum Gasteiger partial charge on any atom is 0.285 e. The fourth-order valence-corrected chi connectivity index (χ4v) is 3.66. The molecule has 0 amide bonds. The molecule has 0 saturated carbocycles. The number of aryl methyl sites for hydroxylation is 1. The van der Waals surface area contributed by atoms with Gasteiger partial charge in [-0.05, 0) is 42.8 Å². The van der Waals surface area contributed by atoms with Crippen LogP contribution in [-0.4, -0.2) is 24.4 Å². The maximum atomic E-state index is 13.0. The van der Waals surface area contributed by atoms with E-state index >= 15 is 0 Å². The van der Waals surface area contributed by atoms with Gasteiger partial charge in [0.2, 0.25) is 0 Å². The molecule has 3 heterocycles. The number of hydrogen-bond acceptors (Lipinski definition) is 4. The first kappa shape index (κ1) is 16.8. The van der Waals surface area contributed by atoms with Gasteiger partial charge in [0.1, 0.15) is 5.52 Å². The normalized spacial score (nSPS) is 11.4. The van der Waals surface area contributed by atoms with Gasteiger partial charge in [0, 0.05) is 16.4 Å². The fraction of sp³-hybridized carbons (Fsp3) is 0.0476. The highest BCUT2D eigenvalue weighted by Gasteiger charge is 2.17. The molecule has 0 aliphatic heterocycles. The molecule has 0 atom stereocenters. The third-order valence-electron chi connectivity index (χ3n) is 4.72. The summed E-state index contributed by atoms with van der Waals surface area (Å²) in [7, 11) is 0. The van der Waals surface area contributed by atoms with Crippen LogP contribution < -0.4 is 5.56 Å². The highest BCUT2D eigenvalue weighted by Crippen LogP contribution is 2.29. The Kier molecular flexibility index (Phi) is 3.84. The lowest BCUT2D eigenvalue weighted by molar-refractivity contribution is 0.905. The number of aromatic nitrogens is 5.